The molecule has 120 valence electrons. The molecule has 0 radical (unpaired) electrons. The third-order valence-corrected chi connectivity index (χ3v) is 3.98. The second-order valence-electron chi connectivity index (χ2n) is 5.61. The lowest BCUT2D eigenvalue weighted by Crippen LogP contribution is -2.25. The number of rotatable bonds is 5. The van der Waals surface area contributed by atoms with Crippen LogP contribution in [0.5, 0.6) is 5.75 Å². The molecule has 2 heterocycles. The fourth-order valence-corrected chi connectivity index (χ4v) is 2.64. The molecule has 1 amide bonds. The number of nitrogens with one attached hydrogen (secondary N) is 3. The summed E-state index contributed by atoms with van der Waals surface area (Å²) in [6.45, 7) is 4.29. The number of benzene rings is 1. The topological polar surface area (TPSA) is 82.8 Å². The predicted octanol–water partition coefficient (Wildman–Crippen LogP) is 2.38. The van der Waals surface area contributed by atoms with Crippen molar-refractivity contribution in [2.24, 2.45) is 0 Å². The summed E-state index contributed by atoms with van der Waals surface area (Å²) >= 11 is 0. The van der Waals surface area contributed by atoms with Crippen LogP contribution in [0, 0.1) is 13.8 Å². The first-order valence-corrected chi connectivity index (χ1v) is 7.49. The van der Waals surface area contributed by atoms with Crippen LogP contribution >= 0.6 is 0 Å². The van der Waals surface area contributed by atoms with E-state index in [0.717, 1.165) is 39.3 Å². The van der Waals surface area contributed by atoms with Gasteiger partial charge in [-0.1, -0.05) is 0 Å². The quantitative estimate of drug-likeness (QED) is 0.676. The maximum atomic E-state index is 12.1. The third-order valence-electron chi connectivity index (χ3n) is 3.98. The maximum absolute atomic E-state index is 12.1. The standard InChI is InChI=1S/C17H20N4O2/c1-10-15(11(2)21-20-10)8-17(22)18-9-13-6-12-7-14(23-3)4-5-16(12)19-13/h4-7,19H,8-9H2,1-3H3,(H,18,22)(H,20,21). The number of amides is 1. The minimum atomic E-state index is -0.0196. The van der Waals surface area contributed by atoms with E-state index >= 15 is 0 Å². The lowest BCUT2D eigenvalue weighted by atomic mass is 10.1. The van der Waals surface area contributed by atoms with Crippen molar-refractivity contribution >= 4 is 16.8 Å². The van der Waals surface area contributed by atoms with Crippen LogP contribution in [0.25, 0.3) is 10.9 Å². The molecular weight excluding hydrogens is 292 g/mol. The highest BCUT2D eigenvalue weighted by molar-refractivity contribution is 5.82. The molecule has 0 fully saturated rings. The zero-order valence-electron chi connectivity index (χ0n) is 13.5. The van der Waals surface area contributed by atoms with Gasteiger partial charge in [0.25, 0.3) is 0 Å². The summed E-state index contributed by atoms with van der Waals surface area (Å²) in [6.07, 6.45) is 0.336. The Morgan fingerprint density at radius 3 is 2.83 bits per heavy atom. The first-order chi connectivity index (χ1) is 11.1. The molecule has 0 aliphatic rings. The third kappa shape index (κ3) is 3.21. The molecule has 1 aromatic carbocycles. The largest absolute Gasteiger partial charge is 0.497 e. The van der Waals surface area contributed by atoms with Crippen molar-refractivity contribution in [2.45, 2.75) is 26.8 Å². The Hall–Kier alpha value is -2.76. The van der Waals surface area contributed by atoms with Gasteiger partial charge in [0.15, 0.2) is 0 Å². The smallest absolute Gasteiger partial charge is 0.224 e. The maximum Gasteiger partial charge on any atom is 0.224 e. The van der Waals surface area contributed by atoms with Crippen molar-refractivity contribution in [1.29, 1.82) is 0 Å². The Bertz CT molecular complexity index is 828. The molecule has 0 spiro atoms. The molecule has 0 saturated heterocycles. The SMILES string of the molecule is COc1ccc2[nH]c(CNC(=O)Cc3c(C)n[nH]c3C)cc2c1. The molecule has 0 unspecified atom stereocenters. The van der Waals surface area contributed by atoms with E-state index < -0.39 is 0 Å². The molecular formula is C17H20N4O2. The fourth-order valence-electron chi connectivity index (χ4n) is 2.64. The van der Waals surface area contributed by atoms with Gasteiger partial charge in [0.1, 0.15) is 5.75 Å². The van der Waals surface area contributed by atoms with Crippen LogP contribution in [0.2, 0.25) is 0 Å². The number of hydrogen-bond acceptors (Lipinski definition) is 3. The van der Waals surface area contributed by atoms with Crippen molar-refractivity contribution in [1.82, 2.24) is 20.5 Å². The van der Waals surface area contributed by atoms with E-state index in [-0.39, 0.29) is 5.91 Å². The number of ether oxygens (including phenoxy) is 1. The minimum Gasteiger partial charge on any atom is -0.497 e. The zero-order chi connectivity index (χ0) is 16.4. The number of nitrogens with zero attached hydrogens (tertiary/aromatic N) is 1. The highest BCUT2D eigenvalue weighted by atomic mass is 16.5. The first kappa shape index (κ1) is 15.1. The van der Waals surface area contributed by atoms with Gasteiger partial charge in [0, 0.05) is 27.9 Å². The fraction of sp³-hybridized carbons (Fsp3) is 0.294. The molecule has 3 N–H and O–H groups in total. The van der Waals surface area contributed by atoms with Crippen molar-refractivity contribution in [3.05, 3.63) is 46.9 Å². The molecule has 0 atom stereocenters. The summed E-state index contributed by atoms with van der Waals surface area (Å²) in [6, 6.07) is 7.87. The van der Waals surface area contributed by atoms with Crippen molar-refractivity contribution in [3.63, 3.8) is 0 Å². The van der Waals surface area contributed by atoms with Gasteiger partial charge in [-0.25, -0.2) is 0 Å². The second-order valence-corrected chi connectivity index (χ2v) is 5.61. The summed E-state index contributed by atoms with van der Waals surface area (Å²) in [5.74, 6) is 0.798. The summed E-state index contributed by atoms with van der Waals surface area (Å²) in [4.78, 5) is 15.4. The number of aromatic amines is 2. The average molecular weight is 312 g/mol. The van der Waals surface area contributed by atoms with Crippen LogP contribution in [0.3, 0.4) is 0 Å². The molecule has 23 heavy (non-hydrogen) atoms. The normalized spacial score (nSPS) is 10.9. The van der Waals surface area contributed by atoms with Gasteiger partial charge in [0.05, 0.1) is 25.8 Å². The number of aromatic nitrogens is 3. The molecule has 0 saturated carbocycles. The van der Waals surface area contributed by atoms with Gasteiger partial charge >= 0.3 is 0 Å². The Kier molecular flexibility index (Phi) is 4.06. The molecule has 3 rings (SSSR count). The van der Waals surface area contributed by atoms with E-state index in [4.69, 9.17) is 4.74 Å². The van der Waals surface area contributed by atoms with Crippen LogP contribution in [0.4, 0.5) is 0 Å². The van der Waals surface area contributed by atoms with Gasteiger partial charge in [-0.15, -0.1) is 0 Å². The first-order valence-electron chi connectivity index (χ1n) is 7.49. The lowest BCUT2D eigenvalue weighted by Gasteiger charge is -2.04. The van der Waals surface area contributed by atoms with Crippen LogP contribution in [0.15, 0.2) is 24.3 Å². The Balaban J connectivity index is 1.65. The highest BCUT2D eigenvalue weighted by Gasteiger charge is 2.11. The molecule has 0 bridgehead atoms. The Morgan fingerprint density at radius 1 is 1.30 bits per heavy atom. The van der Waals surface area contributed by atoms with E-state index in [9.17, 15) is 4.79 Å². The van der Waals surface area contributed by atoms with Gasteiger partial charge < -0.3 is 15.0 Å². The average Bonchev–Trinajstić information content (AvgIpc) is 3.09. The summed E-state index contributed by atoms with van der Waals surface area (Å²) in [5, 5.41) is 11.0. The minimum absolute atomic E-state index is 0.0196. The number of H-pyrrole nitrogens is 2. The summed E-state index contributed by atoms with van der Waals surface area (Å²) in [5.41, 5.74) is 4.76. The Morgan fingerprint density at radius 2 is 2.13 bits per heavy atom. The van der Waals surface area contributed by atoms with Gasteiger partial charge in [-0.05, 0) is 38.1 Å². The van der Waals surface area contributed by atoms with Crippen LogP contribution in [0.1, 0.15) is 22.6 Å². The summed E-state index contributed by atoms with van der Waals surface area (Å²) in [7, 11) is 1.65. The highest BCUT2D eigenvalue weighted by Crippen LogP contribution is 2.21. The van der Waals surface area contributed by atoms with E-state index in [0.29, 0.717) is 13.0 Å². The molecule has 0 aliphatic carbocycles. The van der Waals surface area contributed by atoms with Crippen molar-refractivity contribution < 1.29 is 9.53 Å². The Labute approximate surface area is 134 Å². The van der Waals surface area contributed by atoms with Crippen LogP contribution in [-0.4, -0.2) is 28.2 Å². The number of hydrogen-bond donors (Lipinski definition) is 3. The zero-order valence-corrected chi connectivity index (χ0v) is 13.5. The number of carbonyl (C=O) groups excluding carboxylic acids is 1. The summed E-state index contributed by atoms with van der Waals surface area (Å²) < 4.78 is 5.22. The van der Waals surface area contributed by atoms with Gasteiger partial charge in [-0.3, -0.25) is 9.89 Å². The predicted molar refractivity (Wildman–Crippen MR) is 88.5 cm³/mol. The number of fused-ring (bicyclic) bond motifs is 1. The van der Waals surface area contributed by atoms with Crippen LogP contribution in [-0.2, 0) is 17.8 Å². The van der Waals surface area contributed by atoms with Crippen molar-refractivity contribution in [3.8, 4) is 5.75 Å². The molecule has 6 nitrogen and oxygen atoms in total. The van der Waals surface area contributed by atoms with Gasteiger partial charge in [0.2, 0.25) is 5.91 Å². The molecule has 6 heteroatoms. The number of methoxy groups -OCH3 is 1. The van der Waals surface area contributed by atoms with Crippen LogP contribution < -0.4 is 10.1 Å². The van der Waals surface area contributed by atoms with E-state index in [2.05, 4.69) is 20.5 Å². The van der Waals surface area contributed by atoms with Crippen molar-refractivity contribution in [2.75, 3.05) is 7.11 Å². The molecule has 3 aromatic rings. The number of aryl methyl sites for hydroxylation is 2. The van der Waals surface area contributed by atoms with E-state index in [1.165, 1.54) is 0 Å². The van der Waals surface area contributed by atoms with E-state index in [1.807, 2.05) is 38.1 Å². The molecule has 0 aliphatic heterocycles. The lowest BCUT2D eigenvalue weighted by molar-refractivity contribution is -0.120. The van der Waals surface area contributed by atoms with E-state index in [1.54, 1.807) is 7.11 Å². The number of carbonyl (C=O) groups is 1. The van der Waals surface area contributed by atoms with Gasteiger partial charge in [-0.2, -0.15) is 5.10 Å². The second kappa shape index (κ2) is 6.16. The monoisotopic (exact) mass is 312 g/mol. The molecule has 2 aromatic heterocycles.